The van der Waals surface area contributed by atoms with Crippen LogP contribution >= 0.6 is 0 Å². The van der Waals surface area contributed by atoms with Crippen molar-refractivity contribution in [2.24, 2.45) is 0 Å². The number of rotatable bonds is 16. The second-order valence-electron chi connectivity index (χ2n) is 16.7. The molecule has 0 N–H and O–H groups in total. The van der Waals surface area contributed by atoms with Gasteiger partial charge >= 0.3 is 0 Å². The summed E-state index contributed by atoms with van der Waals surface area (Å²) in [5, 5.41) is 0. The number of ether oxygens (including phenoxy) is 3. The van der Waals surface area contributed by atoms with Gasteiger partial charge in [-0.15, -0.1) is 0 Å². The van der Waals surface area contributed by atoms with Crippen molar-refractivity contribution in [1.29, 1.82) is 0 Å². The molecule has 8 rings (SSSR count). The van der Waals surface area contributed by atoms with Gasteiger partial charge in [0.2, 0.25) is 0 Å². The lowest BCUT2D eigenvalue weighted by Crippen LogP contribution is -2.44. The van der Waals surface area contributed by atoms with Crippen LogP contribution in [0.4, 0.5) is 0 Å². The summed E-state index contributed by atoms with van der Waals surface area (Å²) in [5.41, 5.74) is 12.9. The number of methoxy groups -OCH3 is 3. The molecule has 298 valence electrons. The summed E-state index contributed by atoms with van der Waals surface area (Å²) < 4.78 is 17.7. The van der Waals surface area contributed by atoms with Crippen molar-refractivity contribution in [2.75, 3.05) is 34.4 Å². The van der Waals surface area contributed by atoms with Crippen molar-refractivity contribution in [1.82, 2.24) is 14.8 Å². The van der Waals surface area contributed by atoms with Gasteiger partial charge in [-0.1, -0.05) is 74.7 Å². The highest BCUT2D eigenvalue weighted by Gasteiger charge is 2.28. The fourth-order valence-corrected chi connectivity index (χ4v) is 9.43. The molecule has 2 saturated carbocycles. The van der Waals surface area contributed by atoms with E-state index in [4.69, 9.17) is 19.2 Å². The van der Waals surface area contributed by atoms with Crippen molar-refractivity contribution < 1.29 is 14.2 Å². The summed E-state index contributed by atoms with van der Waals surface area (Å²) in [7, 11) is 5.33. The Morgan fingerprint density at radius 1 is 0.632 bits per heavy atom. The molecule has 3 fully saturated rings. The molecular weight excluding hydrogens is 703 g/mol. The van der Waals surface area contributed by atoms with Gasteiger partial charge in [0.1, 0.15) is 5.75 Å². The molecule has 6 heteroatoms. The molecule has 5 aromatic rings. The maximum Gasteiger partial charge on any atom is 0.164 e. The summed E-state index contributed by atoms with van der Waals surface area (Å²) >= 11 is 0. The number of hydrogen-bond donors (Lipinski definition) is 0. The maximum atomic E-state index is 5.99. The summed E-state index contributed by atoms with van der Waals surface area (Å²) in [5.74, 6) is 3.93. The van der Waals surface area contributed by atoms with Crippen LogP contribution in [0.2, 0.25) is 0 Å². The maximum absolute atomic E-state index is 5.99. The van der Waals surface area contributed by atoms with Crippen LogP contribution < -0.4 is 14.2 Å². The molecule has 6 nitrogen and oxygen atoms in total. The van der Waals surface area contributed by atoms with Crippen molar-refractivity contribution in [3.63, 3.8) is 0 Å². The molecule has 1 aliphatic heterocycles. The molecule has 0 atom stereocenters. The predicted octanol–water partition coefficient (Wildman–Crippen LogP) is 11.6. The zero-order chi connectivity index (χ0) is 39.1. The van der Waals surface area contributed by atoms with Gasteiger partial charge in [-0.2, -0.15) is 0 Å². The number of piperidine rings is 1. The number of hydrogen-bond acceptors (Lipinski definition) is 6. The van der Waals surface area contributed by atoms with E-state index in [0.29, 0.717) is 17.9 Å². The van der Waals surface area contributed by atoms with E-state index in [1.807, 2.05) is 13.3 Å². The van der Waals surface area contributed by atoms with Crippen LogP contribution in [0.25, 0.3) is 22.4 Å². The quantitative estimate of drug-likeness (QED) is 0.0997. The Labute approximate surface area is 341 Å². The van der Waals surface area contributed by atoms with E-state index in [2.05, 4.69) is 108 Å². The van der Waals surface area contributed by atoms with Gasteiger partial charge in [0, 0.05) is 43.0 Å². The molecule has 0 amide bonds. The minimum absolute atomic E-state index is 0.503. The number of aromatic nitrogens is 1. The summed E-state index contributed by atoms with van der Waals surface area (Å²) in [6, 6.07) is 34.3. The van der Waals surface area contributed by atoms with Gasteiger partial charge in [0.25, 0.3) is 0 Å². The molecule has 0 bridgehead atoms. The molecule has 0 radical (unpaired) electrons. The molecule has 4 aromatic carbocycles. The molecule has 0 unspecified atom stereocenters. The Morgan fingerprint density at radius 3 is 2.00 bits per heavy atom. The zero-order valence-electron chi connectivity index (χ0n) is 34.6. The lowest BCUT2D eigenvalue weighted by Gasteiger charge is -2.39. The molecule has 2 heterocycles. The van der Waals surface area contributed by atoms with Gasteiger partial charge in [0.05, 0.1) is 27.0 Å². The van der Waals surface area contributed by atoms with Gasteiger partial charge in [-0.3, -0.25) is 14.8 Å². The number of likely N-dealkylation sites (tertiary alicyclic amines) is 1. The summed E-state index contributed by atoms with van der Waals surface area (Å²) in [6.07, 6.45) is 14.1. The van der Waals surface area contributed by atoms with Crippen molar-refractivity contribution in [3.8, 4) is 39.6 Å². The van der Waals surface area contributed by atoms with Crippen LogP contribution in [-0.4, -0.2) is 55.2 Å². The molecule has 57 heavy (non-hydrogen) atoms. The number of benzene rings is 4. The Kier molecular flexibility index (Phi) is 12.6. The van der Waals surface area contributed by atoms with E-state index < -0.39 is 0 Å². The third kappa shape index (κ3) is 8.93. The smallest absolute Gasteiger partial charge is 0.164 e. The lowest BCUT2D eigenvalue weighted by molar-refractivity contribution is 0.0933. The lowest BCUT2D eigenvalue weighted by atomic mass is 9.76. The Morgan fingerprint density at radius 2 is 1.32 bits per heavy atom. The normalized spacial score (nSPS) is 16.6. The first-order valence-corrected chi connectivity index (χ1v) is 21.5. The zero-order valence-corrected chi connectivity index (χ0v) is 34.6. The van der Waals surface area contributed by atoms with Crippen molar-refractivity contribution >= 4 is 0 Å². The molecule has 1 saturated heterocycles. The molecule has 0 spiro atoms. The fourth-order valence-electron chi connectivity index (χ4n) is 9.43. The van der Waals surface area contributed by atoms with Crippen molar-refractivity contribution in [2.45, 2.75) is 109 Å². The van der Waals surface area contributed by atoms with Gasteiger partial charge in [0.15, 0.2) is 11.5 Å². The third-order valence-corrected chi connectivity index (χ3v) is 13.0. The van der Waals surface area contributed by atoms with E-state index in [1.165, 1.54) is 88.6 Å². The first-order valence-electron chi connectivity index (χ1n) is 21.5. The highest BCUT2D eigenvalue weighted by atomic mass is 16.5. The first kappa shape index (κ1) is 39.2. The van der Waals surface area contributed by atoms with E-state index in [0.717, 1.165) is 81.3 Å². The summed E-state index contributed by atoms with van der Waals surface area (Å²) in [4.78, 5) is 10.2. The minimum Gasteiger partial charge on any atom is -0.496 e. The molecule has 3 aliphatic rings. The van der Waals surface area contributed by atoms with Crippen LogP contribution in [0.3, 0.4) is 0 Å². The topological polar surface area (TPSA) is 47.1 Å². The van der Waals surface area contributed by atoms with Crippen LogP contribution in [0.1, 0.15) is 110 Å². The minimum atomic E-state index is 0.503. The second kappa shape index (κ2) is 18.3. The Hall–Kier alpha value is -4.65. The SMILES string of the molecule is CCCc1c(OC)cc(-c2cc(CN3CCC(N(Cc4ccccc4)Cc4cccc(-c5cc(OC)c(OC)c(C6CCC6)c5)c4)CC3)ccn2)cc1C1CCC1. The van der Waals surface area contributed by atoms with Crippen LogP contribution in [-0.2, 0) is 26.1 Å². The largest absolute Gasteiger partial charge is 0.496 e. The van der Waals surface area contributed by atoms with Crippen LogP contribution in [0, 0.1) is 0 Å². The van der Waals surface area contributed by atoms with Crippen LogP contribution in [0.15, 0.2) is 97.2 Å². The van der Waals surface area contributed by atoms with E-state index in [1.54, 1.807) is 14.2 Å². The highest BCUT2D eigenvalue weighted by molar-refractivity contribution is 5.70. The average molecular weight is 764 g/mol. The summed E-state index contributed by atoms with van der Waals surface area (Å²) in [6.45, 7) is 7.21. The highest BCUT2D eigenvalue weighted by Crippen LogP contribution is 2.47. The monoisotopic (exact) mass is 763 g/mol. The Balaban J connectivity index is 0.974. The van der Waals surface area contributed by atoms with E-state index in [-0.39, 0.29) is 0 Å². The van der Waals surface area contributed by atoms with E-state index in [9.17, 15) is 0 Å². The van der Waals surface area contributed by atoms with Crippen molar-refractivity contribution in [3.05, 3.63) is 131 Å². The molecule has 2 aliphatic carbocycles. The first-order chi connectivity index (χ1) is 28.0. The van der Waals surface area contributed by atoms with E-state index >= 15 is 0 Å². The standard InChI is InChI=1S/C51H61N3O3/c1-5-12-45-46(39-16-10-17-39)30-43(32-49(45)55-2)48-28-38(21-24-52-48)33-53-25-22-44(23-26-53)54(34-36-13-7-6-8-14-36)35-37-15-9-20-41(27-37)42-29-47(40-18-11-19-40)51(57-4)50(31-42)56-3/h6-9,13-15,20-21,24,27-32,39-40,44H,5,10-12,16-19,22-23,25-26,33-35H2,1-4H3. The Bertz CT molecular complexity index is 2100. The van der Waals surface area contributed by atoms with Gasteiger partial charge in [-0.25, -0.2) is 0 Å². The van der Waals surface area contributed by atoms with Gasteiger partial charge < -0.3 is 14.2 Å². The number of pyridine rings is 1. The molecule has 1 aromatic heterocycles. The average Bonchev–Trinajstić information content (AvgIpc) is 3.20. The molecular formula is C51H61N3O3. The third-order valence-electron chi connectivity index (χ3n) is 13.0. The van der Waals surface area contributed by atoms with Gasteiger partial charge in [-0.05, 0) is 151 Å². The number of nitrogens with zero attached hydrogens (tertiary/aromatic N) is 3. The predicted molar refractivity (Wildman–Crippen MR) is 232 cm³/mol. The van der Waals surface area contributed by atoms with Crippen LogP contribution in [0.5, 0.6) is 17.2 Å². The fraction of sp³-hybridized carbons (Fsp3) is 0.431. The second-order valence-corrected chi connectivity index (χ2v) is 16.7.